The number of aliphatic hydroxyl groups excluding tert-OH is 1. The van der Waals surface area contributed by atoms with E-state index in [1.54, 1.807) is 25.3 Å². The van der Waals surface area contributed by atoms with E-state index in [0.717, 1.165) is 12.1 Å². The number of methoxy groups -OCH3 is 1. The lowest BCUT2D eigenvalue weighted by Gasteiger charge is -2.15. The number of hydrogen-bond donors (Lipinski definition) is 3. The molecule has 0 aliphatic rings. The third kappa shape index (κ3) is 5.35. The maximum absolute atomic E-state index is 12.8. The number of nitrogens with one attached hydrogen (secondary N) is 2. The number of rotatable bonds is 7. The Labute approximate surface area is 165 Å². The number of nitrogens with zero attached hydrogens (tertiary/aromatic N) is 2. The average Bonchev–Trinajstić information content (AvgIpc) is 2.72. The van der Waals surface area contributed by atoms with Gasteiger partial charge < -0.3 is 20.5 Å². The smallest absolute Gasteiger partial charge is 0.416 e. The monoisotopic (exact) mass is 404 g/mol. The van der Waals surface area contributed by atoms with E-state index in [4.69, 9.17) is 4.74 Å². The molecule has 0 amide bonds. The van der Waals surface area contributed by atoms with E-state index in [2.05, 4.69) is 20.6 Å². The van der Waals surface area contributed by atoms with Gasteiger partial charge in [0, 0.05) is 12.7 Å². The number of aliphatic hydroxyl groups is 1. The van der Waals surface area contributed by atoms with Crippen LogP contribution in [0.1, 0.15) is 17.2 Å². The number of alkyl halides is 3. The maximum Gasteiger partial charge on any atom is 0.416 e. The van der Waals surface area contributed by atoms with Crippen molar-refractivity contribution in [1.82, 2.24) is 9.97 Å². The topological polar surface area (TPSA) is 79.3 Å². The number of halogens is 3. The highest BCUT2D eigenvalue weighted by molar-refractivity contribution is 5.62. The Bertz CT molecular complexity index is 966. The molecule has 1 aromatic heterocycles. The first-order valence-electron chi connectivity index (χ1n) is 8.69. The quantitative estimate of drug-likeness (QED) is 0.542. The van der Waals surface area contributed by atoms with Gasteiger partial charge in [0.15, 0.2) is 0 Å². The molecule has 3 aromatic rings. The number of anilines is 3. The van der Waals surface area contributed by atoms with E-state index < -0.39 is 17.8 Å². The zero-order valence-corrected chi connectivity index (χ0v) is 15.4. The molecule has 0 aliphatic heterocycles. The molecule has 29 heavy (non-hydrogen) atoms. The van der Waals surface area contributed by atoms with Crippen LogP contribution in [0.2, 0.25) is 0 Å². The first kappa shape index (κ1) is 20.4. The molecule has 6 nitrogen and oxygen atoms in total. The normalized spacial score (nSPS) is 12.3. The molecule has 0 fully saturated rings. The predicted molar refractivity (Wildman–Crippen MR) is 103 cm³/mol. The second-order valence-electron chi connectivity index (χ2n) is 6.11. The van der Waals surface area contributed by atoms with E-state index in [-0.39, 0.29) is 12.1 Å². The highest BCUT2D eigenvalue weighted by Crippen LogP contribution is 2.31. The summed E-state index contributed by atoms with van der Waals surface area (Å²) in [7, 11) is 1.55. The Hall–Kier alpha value is -3.33. The molecular weight excluding hydrogens is 385 g/mol. The van der Waals surface area contributed by atoms with Crippen LogP contribution >= 0.6 is 0 Å². The third-order valence-electron chi connectivity index (χ3n) is 4.08. The van der Waals surface area contributed by atoms with Crippen molar-refractivity contribution in [2.24, 2.45) is 0 Å². The minimum absolute atomic E-state index is 0.0214. The standard InChI is InChI=1S/C20H19F3N4O2/c1-29-17-8-3-2-7-15(17)26-19-24-10-9-18(27-19)25-12-16(28)13-5-4-6-14(11-13)20(21,22)23/h2-11,16,28H,12H2,1H3,(H2,24,25,26,27). The van der Waals surface area contributed by atoms with Crippen molar-refractivity contribution in [2.75, 3.05) is 24.3 Å². The highest BCUT2D eigenvalue weighted by atomic mass is 19.4. The molecule has 1 atom stereocenters. The molecule has 0 saturated heterocycles. The molecular formula is C20H19F3N4O2. The molecule has 0 bridgehead atoms. The van der Waals surface area contributed by atoms with Crippen LogP contribution in [0.5, 0.6) is 5.75 Å². The fourth-order valence-corrected chi connectivity index (χ4v) is 2.63. The number of benzene rings is 2. The summed E-state index contributed by atoms with van der Waals surface area (Å²) < 4.78 is 43.8. The van der Waals surface area contributed by atoms with Crippen LogP contribution < -0.4 is 15.4 Å². The van der Waals surface area contributed by atoms with Crippen molar-refractivity contribution in [1.29, 1.82) is 0 Å². The van der Waals surface area contributed by atoms with Gasteiger partial charge in [0.2, 0.25) is 5.95 Å². The van der Waals surface area contributed by atoms with Crippen LogP contribution in [0.4, 0.5) is 30.6 Å². The Kier molecular flexibility index (Phi) is 6.18. The SMILES string of the molecule is COc1ccccc1Nc1nccc(NCC(O)c2cccc(C(F)(F)F)c2)n1. The average molecular weight is 404 g/mol. The van der Waals surface area contributed by atoms with Gasteiger partial charge >= 0.3 is 6.18 Å². The summed E-state index contributed by atoms with van der Waals surface area (Å²) in [5.41, 5.74) is 0.0317. The van der Waals surface area contributed by atoms with Crippen molar-refractivity contribution in [2.45, 2.75) is 12.3 Å². The minimum atomic E-state index is -4.46. The summed E-state index contributed by atoms with van der Waals surface area (Å²) in [6, 6.07) is 13.4. The van der Waals surface area contributed by atoms with Crippen molar-refractivity contribution in [3.8, 4) is 5.75 Å². The van der Waals surface area contributed by atoms with Crippen LogP contribution in [-0.2, 0) is 6.18 Å². The largest absolute Gasteiger partial charge is 0.495 e. The lowest BCUT2D eigenvalue weighted by atomic mass is 10.1. The Balaban J connectivity index is 1.66. The van der Waals surface area contributed by atoms with Gasteiger partial charge in [-0.05, 0) is 35.9 Å². The summed E-state index contributed by atoms with van der Waals surface area (Å²) >= 11 is 0. The van der Waals surface area contributed by atoms with E-state index >= 15 is 0 Å². The third-order valence-corrected chi connectivity index (χ3v) is 4.08. The van der Waals surface area contributed by atoms with Crippen molar-refractivity contribution >= 4 is 17.5 Å². The van der Waals surface area contributed by atoms with Gasteiger partial charge in [0.25, 0.3) is 0 Å². The van der Waals surface area contributed by atoms with Gasteiger partial charge in [-0.2, -0.15) is 18.2 Å². The van der Waals surface area contributed by atoms with Crippen LogP contribution in [0.3, 0.4) is 0 Å². The van der Waals surface area contributed by atoms with Crippen LogP contribution in [0.15, 0.2) is 60.8 Å². The van der Waals surface area contributed by atoms with Gasteiger partial charge in [0.05, 0.1) is 24.5 Å². The first-order valence-corrected chi connectivity index (χ1v) is 8.69. The van der Waals surface area contributed by atoms with E-state index in [1.807, 2.05) is 12.1 Å². The second kappa shape index (κ2) is 8.78. The minimum Gasteiger partial charge on any atom is -0.495 e. The van der Waals surface area contributed by atoms with E-state index in [1.165, 1.54) is 18.3 Å². The fraction of sp³-hybridized carbons (Fsp3) is 0.200. The number of hydrogen-bond acceptors (Lipinski definition) is 6. The van der Waals surface area contributed by atoms with Crippen LogP contribution in [0.25, 0.3) is 0 Å². The molecule has 3 rings (SSSR count). The van der Waals surface area contributed by atoms with Gasteiger partial charge in [0.1, 0.15) is 11.6 Å². The number of para-hydroxylation sites is 2. The van der Waals surface area contributed by atoms with Gasteiger partial charge in [-0.1, -0.05) is 24.3 Å². The Morgan fingerprint density at radius 2 is 1.90 bits per heavy atom. The summed E-state index contributed by atoms with van der Waals surface area (Å²) in [6.45, 7) is -0.0214. The number of aromatic nitrogens is 2. The maximum atomic E-state index is 12.8. The molecule has 0 spiro atoms. The fourth-order valence-electron chi connectivity index (χ4n) is 2.63. The summed E-state index contributed by atoms with van der Waals surface area (Å²) in [6.07, 6.45) is -4.09. The summed E-state index contributed by atoms with van der Waals surface area (Å²) in [4.78, 5) is 8.41. The van der Waals surface area contributed by atoms with Crippen molar-refractivity contribution < 1.29 is 23.0 Å². The summed E-state index contributed by atoms with van der Waals surface area (Å²) in [5, 5.41) is 16.2. The Morgan fingerprint density at radius 1 is 1.10 bits per heavy atom. The van der Waals surface area contributed by atoms with Gasteiger partial charge in [-0.15, -0.1) is 0 Å². The van der Waals surface area contributed by atoms with Crippen molar-refractivity contribution in [3.63, 3.8) is 0 Å². The van der Waals surface area contributed by atoms with Crippen molar-refractivity contribution in [3.05, 3.63) is 71.9 Å². The van der Waals surface area contributed by atoms with Crippen LogP contribution in [0, 0.1) is 0 Å². The molecule has 0 radical (unpaired) electrons. The Morgan fingerprint density at radius 3 is 2.66 bits per heavy atom. The van der Waals surface area contributed by atoms with Gasteiger partial charge in [-0.3, -0.25) is 0 Å². The first-order chi connectivity index (χ1) is 13.9. The molecule has 152 valence electrons. The zero-order chi connectivity index (χ0) is 20.9. The van der Waals surface area contributed by atoms with E-state index in [0.29, 0.717) is 23.2 Å². The van der Waals surface area contributed by atoms with Gasteiger partial charge in [-0.25, -0.2) is 4.98 Å². The van der Waals surface area contributed by atoms with E-state index in [9.17, 15) is 18.3 Å². The van der Waals surface area contributed by atoms with Crippen LogP contribution in [-0.4, -0.2) is 28.7 Å². The lowest BCUT2D eigenvalue weighted by Crippen LogP contribution is -2.14. The lowest BCUT2D eigenvalue weighted by molar-refractivity contribution is -0.137. The molecule has 1 unspecified atom stereocenters. The molecule has 0 aliphatic carbocycles. The number of ether oxygens (including phenoxy) is 1. The molecule has 0 saturated carbocycles. The second-order valence-corrected chi connectivity index (χ2v) is 6.11. The highest BCUT2D eigenvalue weighted by Gasteiger charge is 2.30. The zero-order valence-electron chi connectivity index (χ0n) is 15.4. The summed E-state index contributed by atoms with van der Waals surface area (Å²) in [5.74, 6) is 1.32. The molecule has 1 heterocycles. The molecule has 9 heteroatoms. The molecule has 2 aromatic carbocycles. The predicted octanol–water partition coefficient (Wildman–Crippen LogP) is 4.39. The molecule has 3 N–H and O–H groups in total.